The van der Waals surface area contributed by atoms with Gasteiger partial charge in [0.25, 0.3) is 0 Å². The maximum Gasteiger partial charge on any atom is 0.123 e. The van der Waals surface area contributed by atoms with Gasteiger partial charge in [-0.3, -0.25) is 0 Å². The van der Waals surface area contributed by atoms with Gasteiger partial charge in [0.2, 0.25) is 0 Å². The molecule has 0 aliphatic heterocycles. The van der Waals surface area contributed by atoms with Crippen LogP contribution in [-0.4, -0.2) is 30.1 Å². The fourth-order valence-corrected chi connectivity index (χ4v) is 2.63. The van der Waals surface area contributed by atoms with Gasteiger partial charge in [-0.1, -0.05) is 18.2 Å². The van der Waals surface area contributed by atoms with E-state index in [2.05, 4.69) is 16.3 Å². The van der Waals surface area contributed by atoms with Crippen LogP contribution in [0.4, 0.5) is 4.39 Å². The lowest BCUT2D eigenvalue weighted by atomic mass is 10.1. The van der Waals surface area contributed by atoms with E-state index in [1.54, 1.807) is 23.5 Å². The van der Waals surface area contributed by atoms with Crippen molar-refractivity contribution in [3.05, 3.63) is 58.0 Å². The van der Waals surface area contributed by atoms with E-state index in [4.69, 9.17) is 0 Å². The van der Waals surface area contributed by atoms with E-state index in [9.17, 15) is 9.50 Å². The Balaban J connectivity index is 1.81. The summed E-state index contributed by atoms with van der Waals surface area (Å²) in [5, 5.41) is 12.1. The van der Waals surface area contributed by atoms with Crippen LogP contribution >= 0.6 is 11.3 Å². The van der Waals surface area contributed by atoms with Gasteiger partial charge in [0.05, 0.1) is 6.10 Å². The molecule has 1 aromatic carbocycles. The summed E-state index contributed by atoms with van der Waals surface area (Å²) in [7, 11) is 1.99. The summed E-state index contributed by atoms with van der Waals surface area (Å²) in [6.45, 7) is 1.45. The van der Waals surface area contributed by atoms with Crippen LogP contribution in [0.1, 0.15) is 16.5 Å². The molecule has 0 bridgehead atoms. The smallest absolute Gasteiger partial charge is 0.123 e. The fraction of sp³-hybridized carbons (Fsp3) is 0.333. The third-order valence-corrected chi connectivity index (χ3v) is 4.00. The van der Waals surface area contributed by atoms with Gasteiger partial charge in [0, 0.05) is 18.0 Å². The molecule has 19 heavy (non-hydrogen) atoms. The predicted octanol–water partition coefficient (Wildman–Crippen LogP) is 3.10. The molecule has 0 amide bonds. The topological polar surface area (TPSA) is 23.5 Å². The second-order valence-corrected chi connectivity index (χ2v) is 5.69. The molecular formula is C15H18FNOS. The summed E-state index contributed by atoms with van der Waals surface area (Å²) in [6.07, 6.45) is 0.415. The van der Waals surface area contributed by atoms with Crippen molar-refractivity contribution in [2.45, 2.75) is 12.5 Å². The van der Waals surface area contributed by atoms with Crippen molar-refractivity contribution >= 4 is 11.3 Å². The summed E-state index contributed by atoms with van der Waals surface area (Å²) in [4.78, 5) is 3.44. The van der Waals surface area contributed by atoms with E-state index in [1.807, 2.05) is 13.1 Å². The number of halogens is 1. The molecule has 102 valence electrons. The molecule has 0 fully saturated rings. The van der Waals surface area contributed by atoms with E-state index in [1.165, 1.54) is 17.0 Å². The Hall–Kier alpha value is -1.23. The minimum Gasteiger partial charge on any atom is -0.387 e. The van der Waals surface area contributed by atoms with E-state index < -0.39 is 6.10 Å². The molecule has 0 aliphatic carbocycles. The van der Waals surface area contributed by atoms with E-state index >= 15 is 0 Å². The first-order chi connectivity index (χ1) is 9.15. The van der Waals surface area contributed by atoms with Gasteiger partial charge in [0.15, 0.2) is 0 Å². The fourth-order valence-electron chi connectivity index (χ4n) is 1.93. The summed E-state index contributed by atoms with van der Waals surface area (Å²) in [5.41, 5.74) is 0.754. The number of benzene rings is 1. The molecule has 0 saturated heterocycles. The summed E-state index contributed by atoms with van der Waals surface area (Å²) in [5.74, 6) is -0.276. The predicted molar refractivity (Wildman–Crippen MR) is 76.9 cm³/mol. The van der Waals surface area contributed by atoms with E-state index in [-0.39, 0.29) is 5.82 Å². The number of nitrogens with zero attached hydrogens (tertiary/aromatic N) is 1. The van der Waals surface area contributed by atoms with Crippen LogP contribution in [0.25, 0.3) is 0 Å². The Kier molecular flexibility index (Phi) is 5.07. The average Bonchev–Trinajstić information content (AvgIpc) is 2.90. The zero-order valence-corrected chi connectivity index (χ0v) is 11.7. The van der Waals surface area contributed by atoms with E-state index in [0.29, 0.717) is 6.54 Å². The largest absolute Gasteiger partial charge is 0.387 e. The lowest BCUT2D eigenvalue weighted by Gasteiger charge is -2.20. The number of aliphatic hydroxyl groups excluding tert-OH is 1. The maximum atomic E-state index is 12.8. The van der Waals surface area contributed by atoms with Crippen LogP contribution in [0.15, 0.2) is 41.8 Å². The van der Waals surface area contributed by atoms with Crippen LogP contribution in [-0.2, 0) is 6.42 Å². The van der Waals surface area contributed by atoms with Crippen molar-refractivity contribution in [3.8, 4) is 0 Å². The second-order valence-electron chi connectivity index (χ2n) is 4.66. The van der Waals surface area contributed by atoms with Gasteiger partial charge in [-0.25, -0.2) is 4.39 Å². The molecule has 4 heteroatoms. The average molecular weight is 279 g/mol. The molecular weight excluding hydrogens is 261 g/mol. The first kappa shape index (κ1) is 14.2. The summed E-state index contributed by atoms with van der Waals surface area (Å²) >= 11 is 1.75. The molecule has 0 spiro atoms. The molecule has 2 nitrogen and oxygen atoms in total. The minimum atomic E-state index is -0.575. The molecule has 2 aromatic rings. The highest BCUT2D eigenvalue weighted by Crippen LogP contribution is 2.15. The highest BCUT2D eigenvalue weighted by molar-refractivity contribution is 7.09. The van der Waals surface area contributed by atoms with Crippen molar-refractivity contribution in [2.75, 3.05) is 20.1 Å². The number of hydrogen-bond donors (Lipinski definition) is 1. The molecule has 0 aliphatic rings. The molecule has 2 rings (SSSR count). The zero-order valence-electron chi connectivity index (χ0n) is 10.9. The Morgan fingerprint density at radius 3 is 2.63 bits per heavy atom. The van der Waals surface area contributed by atoms with Crippen LogP contribution in [0.3, 0.4) is 0 Å². The molecule has 1 unspecified atom stereocenters. The van der Waals surface area contributed by atoms with Crippen molar-refractivity contribution in [3.63, 3.8) is 0 Å². The van der Waals surface area contributed by atoms with Crippen molar-refractivity contribution in [1.29, 1.82) is 0 Å². The Morgan fingerprint density at radius 1 is 1.26 bits per heavy atom. The monoisotopic (exact) mass is 279 g/mol. The first-order valence-corrected chi connectivity index (χ1v) is 7.17. The summed E-state index contributed by atoms with van der Waals surface area (Å²) < 4.78 is 12.8. The lowest BCUT2D eigenvalue weighted by molar-refractivity contribution is 0.127. The minimum absolute atomic E-state index is 0.276. The van der Waals surface area contributed by atoms with Gasteiger partial charge < -0.3 is 10.0 Å². The molecule has 1 atom stereocenters. The highest BCUT2D eigenvalue weighted by atomic mass is 32.1. The third-order valence-electron chi connectivity index (χ3n) is 3.06. The number of likely N-dealkylation sites (N-methyl/N-ethyl adjacent to an activating group) is 1. The van der Waals surface area contributed by atoms with Crippen LogP contribution in [0, 0.1) is 5.82 Å². The van der Waals surface area contributed by atoms with Gasteiger partial charge >= 0.3 is 0 Å². The molecule has 1 N–H and O–H groups in total. The Morgan fingerprint density at radius 2 is 2.00 bits per heavy atom. The van der Waals surface area contributed by atoms with Crippen molar-refractivity contribution < 1.29 is 9.50 Å². The number of aliphatic hydroxyl groups is 1. The quantitative estimate of drug-likeness (QED) is 0.878. The highest BCUT2D eigenvalue weighted by Gasteiger charge is 2.10. The van der Waals surface area contributed by atoms with Gasteiger partial charge in [0.1, 0.15) is 5.82 Å². The Bertz CT molecular complexity index is 483. The zero-order chi connectivity index (χ0) is 13.7. The molecule has 1 heterocycles. The Labute approximate surface area is 117 Å². The number of thiophene rings is 1. The number of hydrogen-bond acceptors (Lipinski definition) is 3. The molecule has 0 saturated carbocycles. The lowest BCUT2D eigenvalue weighted by Crippen LogP contribution is -2.26. The van der Waals surface area contributed by atoms with Gasteiger partial charge in [-0.05, 0) is 42.6 Å². The van der Waals surface area contributed by atoms with Crippen LogP contribution in [0.5, 0.6) is 0 Å². The van der Waals surface area contributed by atoms with E-state index in [0.717, 1.165) is 18.5 Å². The van der Waals surface area contributed by atoms with Crippen LogP contribution < -0.4 is 0 Å². The molecule has 1 aromatic heterocycles. The standard InChI is InChI=1S/C15H18FNOS/c1-17(9-8-14-3-2-10-19-14)11-15(18)12-4-6-13(16)7-5-12/h2-7,10,15,18H,8-9,11H2,1H3. The third kappa shape index (κ3) is 4.42. The first-order valence-electron chi connectivity index (χ1n) is 6.29. The normalized spacial score (nSPS) is 12.8. The van der Waals surface area contributed by atoms with Crippen LogP contribution in [0.2, 0.25) is 0 Å². The molecule has 0 radical (unpaired) electrons. The van der Waals surface area contributed by atoms with Crippen molar-refractivity contribution in [1.82, 2.24) is 4.90 Å². The maximum absolute atomic E-state index is 12.8. The van der Waals surface area contributed by atoms with Crippen molar-refractivity contribution in [2.24, 2.45) is 0 Å². The SMILES string of the molecule is CN(CCc1cccs1)CC(O)c1ccc(F)cc1. The number of rotatable bonds is 6. The second kappa shape index (κ2) is 6.80. The summed E-state index contributed by atoms with van der Waals surface area (Å²) in [6, 6.07) is 10.2. The van der Waals surface area contributed by atoms with Gasteiger partial charge in [-0.15, -0.1) is 11.3 Å². The van der Waals surface area contributed by atoms with Gasteiger partial charge in [-0.2, -0.15) is 0 Å².